The maximum atomic E-state index is 5.02. The van der Waals surface area contributed by atoms with Crippen molar-refractivity contribution in [2.75, 3.05) is 0 Å². The van der Waals surface area contributed by atoms with Crippen molar-refractivity contribution in [2.24, 2.45) is 0 Å². The molecule has 0 radical (unpaired) electrons. The first-order valence-electron chi connectivity index (χ1n) is 4.10. The second-order valence-corrected chi connectivity index (χ2v) is 3.66. The summed E-state index contributed by atoms with van der Waals surface area (Å²) in [6.07, 6.45) is 0. The van der Waals surface area contributed by atoms with Crippen molar-refractivity contribution in [2.45, 2.75) is 13.8 Å². The first-order chi connectivity index (χ1) is 6.66. The van der Waals surface area contributed by atoms with Gasteiger partial charge < -0.3 is 4.52 Å². The Balaban J connectivity index is 2.52. The standard InChI is InChI=1S/C9H8BrN3O/c1-5-3-4-7(6(2)11-5)8-12-9(10)13-14-8/h3-4H,1-2H3. The number of hydrogen-bond donors (Lipinski definition) is 0. The van der Waals surface area contributed by atoms with Gasteiger partial charge in [-0.25, -0.2) is 0 Å². The maximum absolute atomic E-state index is 5.02. The molecule has 2 heterocycles. The summed E-state index contributed by atoms with van der Waals surface area (Å²) >= 11 is 3.13. The van der Waals surface area contributed by atoms with E-state index >= 15 is 0 Å². The summed E-state index contributed by atoms with van der Waals surface area (Å²) in [6.45, 7) is 3.86. The number of aryl methyl sites for hydroxylation is 2. The smallest absolute Gasteiger partial charge is 0.260 e. The third-order valence-electron chi connectivity index (χ3n) is 1.86. The first kappa shape index (κ1) is 9.33. The number of aromatic nitrogens is 3. The summed E-state index contributed by atoms with van der Waals surface area (Å²) in [5.41, 5.74) is 2.74. The van der Waals surface area contributed by atoms with E-state index in [-0.39, 0.29) is 0 Å². The Bertz CT molecular complexity index is 467. The molecule has 0 unspecified atom stereocenters. The highest BCUT2D eigenvalue weighted by Crippen LogP contribution is 2.21. The molecule has 0 aliphatic rings. The zero-order valence-electron chi connectivity index (χ0n) is 7.78. The lowest BCUT2D eigenvalue weighted by Gasteiger charge is -1.99. The van der Waals surface area contributed by atoms with E-state index < -0.39 is 0 Å². The molecule has 0 saturated heterocycles. The fraction of sp³-hybridized carbons (Fsp3) is 0.222. The van der Waals surface area contributed by atoms with Gasteiger partial charge in [0.1, 0.15) is 0 Å². The highest BCUT2D eigenvalue weighted by Gasteiger charge is 2.10. The number of nitrogens with zero attached hydrogens (tertiary/aromatic N) is 3. The summed E-state index contributed by atoms with van der Waals surface area (Å²) in [5.74, 6) is 0.488. The van der Waals surface area contributed by atoms with Crippen LogP contribution in [-0.4, -0.2) is 15.1 Å². The lowest BCUT2D eigenvalue weighted by atomic mass is 10.2. The lowest BCUT2D eigenvalue weighted by Crippen LogP contribution is -1.89. The van der Waals surface area contributed by atoms with Crippen LogP contribution in [0.2, 0.25) is 0 Å². The number of rotatable bonds is 1. The van der Waals surface area contributed by atoms with E-state index in [9.17, 15) is 0 Å². The Morgan fingerprint density at radius 3 is 2.57 bits per heavy atom. The average molecular weight is 254 g/mol. The van der Waals surface area contributed by atoms with Gasteiger partial charge in [0, 0.05) is 5.69 Å². The van der Waals surface area contributed by atoms with Crippen LogP contribution in [0.25, 0.3) is 11.5 Å². The number of pyridine rings is 1. The molecule has 0 N–H and O–H groups in total. The topological polar surface area (TPSA) is 51.8 Å². The minimum atomic E-state index is 0.451. The van der Waals surface area contributed by atoms with Crippen LogP contribution in [0.3, 0.4) is 0 Å². The Morgan fingerprint density at radius 1 is 1.21 bits per heavy atom. The molecule has 5 heteroatoms. The van der Waals surface area contributed by atoms with Crippen molar-refractivity contribution in [1.29, 1.82) is 0 Å². The predicted molar refractivity (Wildman–Crippen MR) is 54.7 cm³/mol. The summed E-state index contributed by atoms with van der Waals surface area (Å²) in [7, 11) is 0. The molecule has 2 aromatic heterocycles. The molecule has 0 spiro atoms. The van der Waals surface area contributed by atoms with Gasteiger partial charge in [-0.15, -0.1) is 0 Å². The molecule has 0 aliphatic heterocycles. The Kier molecular flexibility index (Phi) is 2.33. The van der Waals surface area contributed by atoms with Gasteiger partial charge in [0.05, 0.1) is 11.3 Å². The minimum Gasteiger partial charge on any atom is -0.333 e. The second kappa shape index (κ2) is 3.49. The normalized spacial score (nSPS) is 10.5. The van der Waals surface area contributed by atoms with Crippen LogP contribution < -0.4 is 0 Å². The average Bonchev–Trinajstić information content (AvgIpc) is 2.51. The zero-order chi connectivity index (χ0) is 10.1. The van der Waals surface area contributed by atoms with Crippen LogP contribution in [0, 0.1) is 13.8 Å². The van der Waals surface area contributed by atoms with Gasteiger partial charge in [-0.1, -0.05) is 0 Å². The van der Waals surface area contributed by atoms with E-state index in [0.717, 1.165) is 17.0 Å². The van der Waals surface area contributed by atoms with Gasteiger partial charge in [0.15, 0.2) is 0 Å². The summed E-state index contributed by atoms with van der Waals surface area (Å²) < 4.78 is 5.47. The quantitative estimate of drug-likeness (QED) is 0.784. The molecule has 4 nitrogen and oxygen atoms in total. The van der Waals surface area contributed by atoms with E-state index in [4.69, 9.17) is 4.52 Å². The third kappa shape index (κ3) is 1.68. The molecule has 0 bridgehead atoms. The van der Waals surface area contributed by atoms with Crippen molar-refractivity contribution >= 4 is 15.9 Å². The summed E-state index contributed by atoms with van der Waals surface area (Å²) in [4.78, 5) is 8.39. The SMILES string of the molecule is Cc1ccc(-c2nc(Br)no2)c(C)n1. The molecule has 0 fully saturated rings. The molecular weight excluding hydrogens is 246 g/mol. The van der Waals surface area contributed by atoms with E-state index in [0.29, 0.717) is 10.6 Å². The molecule has 72 valence electrons. The molecule has 0 saturated carbocycles. The van der Waals surface area contributed by atoms with Crippen LogP contribution >= 0.6 is 15.9 Å². The Morgan fingerprint density at radius 2 is 2.00 bits per heavy atom. The fourth-order valence-corrected chi connectivity index (χ4v) is 1.46. The largest absolute Gasteiger partial charge is 0.333 e. The zero-order valence-corrected chi connectivity index (χ0v) is 9.37. The lowest BCUT2D eigenvalue weighted by molar-refractivity contribution is 0.426. The van der Waals surface area contributed by atoms with Crippen molar-refractivity contribution in [3.05, 3.63) is 28.3 Å². The molecule has 2 rings (SSSR count). The van der Waals surface area contributed by atoms with Crippen LogP contribution in [0.4, 0.5) is 0 Å². The fourth-order valence-electron chi connectivity index (χ4n) is 1.23. The predicted octanol–water partition coefficient (Wildman–Crippen LogP) is 2.51. The highest BCUT2D eigenvalue weighted by atomic mass is 79.9. The second-order valence-electron chi connectivity index (χ2n) is 2.95. The number of hydrogen-bond acceptors (Lipinski definition) is 4. The van der Waals surface area contributed by atoms with E-state index in [1.54, 1.807) is 0 Å². The van der Waals surface area contributed by atoms with Crippen molar-refractivity contribution in [3.8, 4) is 11.5 Å². The van der Waals surface area contributed by atoms with Gasteiger partial charge in [-0.3, -0.25) is 4.98 Å². The molecule has 0 atom stereocenters. The van der Waals surface area contributed by atoms with E-state index in [2.05, 4.69) is 31.1 Å². The molecule has 0 aromatic carbocycles. The molecule has 0 aliphatic carbocycles. The highest BCUT2D eigenvalue weighted by molar-refractivity contribution is 9.10. The van der Waals surface area contributed by atoms with E-state index in [1.807, 2.05) is 26.0 Å². The van der Waals surface area contributed by atoms with Gasteiger partial charge in [-0.2, -0.15) is 4.98 Å². The molecule has 2 aromatic rings. The Labute approximate surface area is 89.5 Å². The monoisotopic (exact) mass is 253 g/mol. The third-order valence-corrected chi connectivity index (χ3v) is 2.18. The van der Waals surface area contributed by atoms with E-state index in [1.165, 1.54) is 0 Å². The Hall–Kier alpha value is -1.23. The first-order valence-corrected chi connectivity index (χ1v) is 4.90. The van der Waals surface area contributed by atoms with Gasteiger partial charge in [-0.05, 0) is 47.1 Å². The summed E-state index contributed by atoms with van der Waals surface area (Å²) in [6, 6.07) is 3.85. The van der Waals surface area contributed by atoms with Gasteiger partial charge in [0.2, 0.25) is 4.73 Å². The molecule has 14 heavy (non-hydrogen) atoms. The minimum absolute atomic E-state index is 0.451. The summed E-state index contributed by atoms with van der Waals surface area (Å²) in [5, 5.41) is 3.66. The van der Waals surface area contributed by atoms with Crippen LogP contribution in [-0.2, 0) is 0 Å². The van der Waals surface area contributed by atoms with Crippen LogP contribution in [0.1, 0.15) is 11.4 Å². The van der Waals surface area contributed by atoms with Gasteiger partial charge >= 0.3 is 0 Å². The van der Waals surface area contributed by atoms with Crippen LogP contribution in [0.5, 0.6) is 0 Å². The number of halogens is 1. The molecular formula is C9H8BrN3O. The van der Waals surface area contributed by atoms with Crippen LogP contribution in [0.15, 0.2) is 21.4 Å². The maximum Gasteiger partial charge on any atom is 0.260 e. The van der Waals surface area contributed by atoms with Crippen molar-refractivity contribution in [1.82, 2.24) is 15.1 Å². The molecule has 0 amide bonds. The van der Waals surface area contributed by atoms with Crippen molar-refractivity contribution in [3.63, 3.8) is 0 Å². The van der Waals surface area contributed by atoms with Gasteiger partial charge in [0.25, 0.3) is 5.89 Å². The van der Waals surface area contributed by atoms with Crippen molar-refractivity contribution < 1.29 is 4.52 Å².